The van der Waals surface area contributed by atoms with Gasteiger partial charge in [-0.2, -0.15) is 0 Å². The van der Waals surface area contributed by atoms with Crippen LogP contribution in [0.15, 0.2) is 24.3 Å². The fourth-order valence-electron chi connectivity index (χ4n) is 3.93. The van der Waals surface area contributed by atoms with E-state index in [-0.39, 0.29) is 49.6 Å². The second kappa shape index (κ2) is 9.37. The number of para-hydroxylation sites is 1. The molecule has 8 heteroatoms. The number of hydrogen-bond acceptors (Lipinski definition) is 5. The lowest BCUT2D eigenvalue weighted by molar-refractivity contribution is -0.125. The van der Waals surface area contributed by atoms with Crippen molar-refractivity contribution in [3.63, 3.8) is 0 Å². The zero-order valence-corrected chi connectivity index (χ0v) is 17.4. The Labute approximate surface area is 171 Å². The smallest absolute Gasteiger partial charge is 0.326 e. The first-order chi connectivity index (χ1) is 13.8. The van der Waals surface area contributed by atoms with Gasteiger partial charge in [-0.05, 0) is 31.9 Å². The third kappa shape index (κ3) is 5.55. The normalized spacial score (nSPS) is 23.0. The Balaban J connectivity index is 1.51. The molecule has 158 valence electrons. The third-order valence-electron chi connectivity index (χ3n) is 5.20. The highest BCUT2D eigenvalue weighted by atomic mass is 16.5. The Kier molecular flexibility index (Phi) is 6.87. The molecule has 2 aliphatic heterocycles. The Morgan fingerprint density at radius 2 is 1.86 bits per heavy atom. The number of nitrogens with one attached hydrogen (secondary N) is 1. The number of urea groups is 1. The summed E-state index contributed by atoms with van der Waals surface area (Å²) in [4.78, 5) is 41.0. The summed E-state index contributed by atoms with van der Waals surface area (Å²) in [5.74, 6) is -0.328. The number of nitrogens with zero attached hydrogens (tertiary/aromatic N) is 3. The molecule has 0 saturated carbocycles. The van der Waals surface area contributed by atoms with E-state index in [1.165, 1.54) is 9.80 Å². The van der Waals surface area contributed by atoms with Gasteiger partial charge in [-0.1, -0.05) is 18.2 Å². The lowest BCUT2D eigenvalue weighted by Crippen LogP contribution is -2.44. The molecular weight excluding hydrogens is 372 g/mol. The molecule has 1 aromatic rings. The molecule has 0 aliphatic carbocycles. The molecule has 1 aromatic carbocycles. The quantitative estimate of drug-likeness (QED) is 0.705. The van der Waals surface area contributed by atoms with Crippen LogP contribution in [0.5, 0.6) is 0 Å². The first-order valence-corrected chi connectivity index (χ1v) is 10.1. The van der Waals surface area contributed by atoms with Gasteiger partial charge in [-0.15, -0.1) is 0 Å². The molecule has 2 aliphatic rings. The Morgan fingerprint density at radius 1 is 1.17 bits per heavy atom. The van der Waals surface area contributed by atoms with E-state index in [1.807, 2.05) is 24.3 Å². The number of rotatable bonds is 7. The molecule has 2 saturated heterocycles. The fourth-order valence-corrected chi connectivity index (χ4v) is 3.93. The molecule has 0 bridgehead atoms. The lowest BCUT2D eigenvalue weighted by atomic mass is 10.1. The van der Waals surface area contributed by atoms with E-state index in [2.05, 4.69) is 24.1 Å². The number of hydrogen-bond donors (Lipinski definition) is 1. The van der Waals surface area contributed by atoms with Crippen LogP contribution >= 0.6 is 0 Å². The molecule has 0 spiro atoms. The maximum Gasteiger partial charge on any atom is 0.326 e. The van der Waals surface area contributed by atoms with Crippen LogP contribution in [-0.4, -0.2) is 78.0 Å². The second-order valence-corrected chi connectivity index (χ2v) is 7.94. The number of likely N-dealkylation sites (N-methyl/N-ethyl adjacent to an activating group) is 1. The average molecular weight is 402 g/mol. The maximum atomic E-state index is 12.4. The minimum absolute atomic E-state index is 0.108. The van der Waals surface area contributed by atoms with Gasteiger partial charge in [0, 0.05) is 45.3 Å². The summed E-state index contributed by atoms with van der Waals surface area (Å²) in [5, 5.41) is 2.98. The summed E-state index contributed by atoms with van der Waals surface area (Å²) >= 11 is 0. The van der Waals surface area contributed by atoms with Crippen molar-refractivity contribution in [2.45, 2.75) is 45.4 Å². The number of benzene rings is 1. The van der Waals surface area contributed by atoms with Crippen LogP contribution in [0.2, 0.25) is 0 Å². The molecule has 2 heterocycles. The number of amides is 4. The van der Waals surface area contributed by atoms with Crippen molar-refractivity contribution in [1.82, 2.24) is 14.7 Å². The Morgan fingerprint density at radius 3 is 2.52 bits per heavy atom. The first kappa shape index (κ1) is 21.3. The van der Waals surface area contributed by atoms with Gasteiger partial charge in [0.05, 0.1) is 12.2 Å². The third-order valence-corrected chi connectivity index (χ3v) is 5.20. The minimum atomic E-state index is -0.297. The molecule has 8 nitrogen and oxygen atoms in total. The summed E-state index contributed by atoms with van der Waals surface area (Å²) in [6.45, 7) is 6.99. The van der Waals surface area contributed by atoms with Crippen LogP contribution in [0.1, 0.15) is 32.3 Å². The Hall–Kier alpha value is -2.45. The topological polar surface area (TPSA) is 82.2 Å². The van der Waals surface area contributed by atoms with E-state index in [0.29, 0.717) is 6.42 Å². The first-order valence-electron chi connectivity index (χ1n) is 10.1. The van der Waals surface area contributed by atoms with Crippen LogP contribution in [0.3, 0.4) is 0 Å². The number of imide groups is 1. The summed E-state index contributed by atoms with van der Waals surface area (Å²) in [5.41, 5.74) is 1.87. The molecule has 29 heavy (non-hydrogen) atoms. The van der Waals surface area contributed by atoms with Crippen LogP contribution in [-0.2, 0) is 20.9 Å². The van der Waals surface area contributed by atoms with Gasteiger partial charge in [-0.25, -0.2) is 4.79 Å². The fraction of sp³-hybridized carbons (Fsp3) is 0.571. The highest BCUT2D eigenvalue weighted by Gasteiger charge is 2.32. The highest BCUT2D eigenvalue weighted by Crippen LogP contribution is 2.20. The van der Waals surface area contributed by atoms with Crippen molar-refractivity contribution in [3.05, 3.63) is 29.8 Å². The highest BCUT2D eigenvalue weighted by molar-refractivity contribution is 6.01. The van der Waals surface area contributed by atoms with Gasteiger partial charge in [0.15, 0.2) is 0 Å². The molecule has 1 N–H and O–H groups in total. The summed E-state index contributed by atoms with van der Waals surface area (Å²) in [7, 11) is 1.60. The number of carbonyl (C=O) groups is 3. The van der Waals surface area contributed by atoms with E-state index >= 15 is 0 Å². The molecular formula is C21H30N4O4. The average Bonchev–Trinajstić information content (AvgIpc) is 2.88. The predicted molar refractivity (Wildman–Crippen MR) is 109 cm³/mol. The van der Waals surface area contributed by atoms with Crippen molar-refractivity contribution < 1.29 is 19.1 Å². The van der Waals surface area contributed by atoms with Crippen molar-refractivity contribution in [3.8, 4) is 0 Å². The standard InChI is InChI=1S/C21H30N4O4/c1-15-11-24(12-16(2)29-15)13-17-7-4-5-8-18(17)22-19(26)9-6-10-25-20(27)14-23(3)21(25)28/h4-5,7-8,15-16H,6,9-14H2,1-3H3,(H,22,26). The summed E-state index contributed by atoms with van der Waals surface area (Å²) in [6, 6.07) is 7.51. The maximum absolute atomic E-state index is 12.4. The number of anilines is 1. The number of ether oxygens (including phenoxy) is 1. The zero-order chi connectivity index (χ0) is 21.0. The van der Waals surface area contributed by atoms with E-state index in [1.54, 1.807) is 7.05 Å². The van der Waals surface area contributed by atoms with Gasteiger partial charge >= 0.3 is 6.03 Å². The van der Waals surface area contributed by atoms with Crippen LogP contribution in [0.25, 0.3) is 0 Å². The molecule has 4 amide bonds. The van der Waals surface area contributed by atoms with Crippen molar-refractivity contribution >= 4 is 23.5 Å². The molecule has 2 atom stereocenters. The largest absolute Gasteiger partial charge is 0.373 e. The van der Waals surface area contributed by atoms with Crippen LogP contribution < -0.4 is 5.32 Å². The summed E-state index contributed by atoms with van der Waals surface area (Å²) < 4.78 is 5.79. The van der Waals surface area contributed by atoms with Crippen molar-refractivity contribution in [2.75, 3.05) is 38.5 Å². The van der Waals surface area contributed by atoms with Gasteiger partial charge in [0.2, 0.25) is 11.8 Å². The van der Waals surface area contributed by atoms with Crippen LogP contribution in [0.4, 0.5) is 10.5 Å². The molecule has 3 rings (SSSR count). The second-order valence-electron chi connectivity index (χ2n) is 7.94. The zero-order valence-electron chi connectivity index (χ0n) is 17.4. The van der Waals surface area contributed by atoms with Gasteiger partial charge in [0.25, 0.3) is 0 Å². The minimum Gasteiger partial charge on any atom is -0.373 e. The van der Waals surface area contributed by atoms with E-state index in [9.17, 15) is 14.4 Å². The molecule has 2 unspecified atom stereocenters. The molecule has 0 radical (unpaired) electrons. The lowest BCUT2D eigenvalue weighted by Gasteiger charge is -2.35. The number of carbonyl (C=O) groups excluding carboxylic acids is 3. The van der Waals surface area contributed by atoms with E-state index in [0.717, 1.165) is 30.9 Å². The van der Waals surface area contributed by atoms with E-state index in [4.69, 9.17) is 4.74 Å². The van der Waals surface area contributed by atoms with Crippen LogP contribution in [0, 0.1) is 0 Å². The predicted octanol–water partition coefficient (Wildman–Crippen LogP) is 1.91. The van der Waals surface area contributed by atoms with Crippen molar-refractivity contribution in [1.29, 1.82) is 0 Å². The van der Waals surface area contributed by atoms with E-state index < -0.39 is 0 Å². The van der Waals surface area contributed by atoms with Gasteiger partial charge in [0.1, 0.15) is 6.54 Å². The molecule has 2 fully saturated rings. The SMILES string of the molecule is CC1CN(Cc2ccccc2NC(=O)CCCN2C(=O)CN(C)C2=O)CC(C)O1. The summed E-state index contributed by atoms with van der Waals surface area (Å²) in [6.07, 6.45) is 1.07. The van der Waals surface area contributed by atoms with Gasteiger partial charge in [-0.3, -0.25) is 19.4 Å². The van der Waals surface area contributed by atoms with Gasteiger partial charge < -0.3 is 15.0 Å². The number of morpholine rings is 1. The molecule has 0 aromatic heterocycles. The Bertz CT molecular complexity index is 759. The monoisotopic (exact) mass is 402 g/mol. The van der Waals surface area contributed by atoms with Crippen molar-refractivity contribution in [2.24, 2.45) is 0 Å².